The third-order valence-corrected chi connectivity index (χ3v) is 3.80. The molecule has 2 aliphatic rings. The molecule has 1 aliphatic carbocycles. The Morgan fingerprint density at radius 3 is 2.90 bits per heavy atom. The zero-order valence-electron chi connectivity index (χ0n) is 11.2. The standard InChI is InChI=1S/C13H16N4O3/c1-8-4-5-14-13(12(8)17(19)20)15-9-6-11(18)16(7-9)10-2-3-10/h4-5,9-10H,2-3,6-7H2,1H3,(H,14,15). The van der Waals surface area contributed by atoms with Crippen LogP contribution in [0.25, 0.3) is 0 Å². The molecule has 1 amide bonds. The number of likely N-dealkylation sites (tertiary alicyclic amines) is 1. The van der Waals surface area contributed by atoms with Crippen molar-refractivity contribution in [1.29, 1.82) is 0 Å². The van der Waals surface area contributed by atoms with Gasteiger partial charge < -0.3 is 10.2 Å². The van der Waals surface area contributed by atoms with Gasteiger partial charge in [0.2, 0.25) is 11.7 Å². The molecule has 1 saturated heterocycles. The van der Waals surface area contributed by atoms with Crippen LogP contribution in [0.2, 0.25) is 0 Å². The lowest BCUT2D eigenvalue weighted by Gasteiger charge is -2.16. The quantitative estimate of drug-likeness (QED) is 0.664. The van der Waals surface area contributed by atoms with Gasteiger partial charge in [-0.3, -0.25) is 14.9 Å². The van der Waals surface area contributed by atoms with E-state index in [1.807, 2.05) is 4.90 Å². The number of pyridine rings is 1. The maximum absolute atomic E-state index is 11.9. The van der Waals surface area contributed by atoms with E-state index in [9.17, 15) is 14.9 Å². The third-order valence-electron chi connectivity index (χ3n) is 3.80. The molecule has 0 spiro atoms. The van der Waals surface area contributed by atoms with Crippen molar-refractivity contribution in [3.63, 3.8) is 0 Å². The number of nitrogens with one attached hydrogen (secondary N) is 1. The summed E-state index contributed by atoms with van der Waals surface area (Å²) in [5.41, 5.74) is 0.556. The molecule has 1 aromatic heterocycles. The van der Waals surface area contributed by atoms with Crippen molar-refractivity contribution in [3.8, 4) is 0 Å². The molecule has 1 unspecified atom stereocenters. The molecule has 7 heteroatoms. The van der Waals surface area contributed by atoms with E-state index in [1.165, 1.54) is 0 Å². The van der Waals surface area contributed by atoms with Crippen molar-refractivity contribution in [2.24, 2.45) is 0 Å². The highest BCUT2D eigenvalue weighted by molar-refractivity contribution is 5.81. The van der Waals surface area contributed by atoms with Gasteiger partial charge in [-0.15, -0.1) is 0 Å². The zero-order chi connectivity index (χ0) is 14.3. The predicted octanol–water partition coefficient (Wildman–Crippen LogP) is 1.47. The largest absolute Gasteiger partial charge is 0.359 e. The van der Waals surface area contributed by atoms with E-state index in [1.54, 1.807) is 19.2 Å². The summed E-state index contributed by atoms with van der Waals surface area (Å²) in [7, 11) is 0. The van der Waals surface area contributed by atoms with Crippen molar-refractivity contribution < 1.29 is 9.72 Å². The van der Waals surface area contributed by atoms with E-state index in [0.717, 1.165) is 12.8 Å². The summed E-state index contributed by atoms with van der Waals surface area (Å²) in [6.07, 6.45) is 4.06. The Morgan fingerprint density at radius 1 is 1.50 bits per heavy atom. The van der Waals surface area contributed by atoms with Gasteiger partial charge in [0.1, 0.15) is 0 Å². The molecule has 0 radical (unpaired) electrons. The van der Waals surface area contributed by atoms with E-state index in [-0.39, 0.29) is 23.5 Å². The molecule has 2 heterocycles. The normalized spacial score (nSPS) is 22.1. The van der Waals surface area contributed by atoms with Crippen LogP contribution in [0.5, 0.6) is 0 Å². The van der Waals surface area contributed by atoms with Crippen LogP contribution in [0.3, 0.4) is 0 Å². The minimum absolute atomic E-state index is 0.00943. The van der Waals surface area contributed by atoms with Crippen LogP contribution in [0.15, 0.2) is 12.3 Å². The topological polar surface area (TPSA) is 88.4 Å². The van der Waals surface area contributed by atoms with Gasteiger partial charge in [-0.05, 0) is 25.8 Å². The second-order valence-electron chi connectivity index (χ2n) is 5.40. The second kappa shape index (κ2) is 4.73. The summed E-state index contributed by atoms with van der Waals surface area (Å²) in [6.45, 7) is 2.29. The summed E-state index contributed by atoms with van der Waals surface area (Å²) in [6, 6.07) is 1.89. The van der Waals surface area contributed by atoms with Crippen LogP contribution in [-0.4, -0.2) is 39.3 Å². The van der Waals surface area contributed by atoms with Gasteiger partial charge in [0, 0.05) is 30.8 Å². The lowest BCUT2D eigenvalue weighted by molar-refractivity contribution is -0.384. The average Bonchev–Trinajstić information content (AvgIpc) is 3.14. The number of anilines is 1. The summed E-state index contributed by atoms with van der Waals surface area (Å²) in [4.78, 5) is 28.5. The highest BCUT2D eigenvalue weighted by atomic mass is 16.6. The van der Waals surface area contributed by atoms with Gasteiger partial charge in [0.15, 0.2) is 0 Å². The first kappa shape index (κ1) is 12.8. The number of hydrogen-bond acceptors (Lipinski definition) is 5. The first-order chi connectivity index (χ1) is 9.56. The smallest absolute Gasteiger partial charge is 0.314 e. The van der Waals surface area contributed by atoms with E-state index in [4.69, 9.17) is 0 Å². The van der Waals surface area contributed by atoms with Crippen LogP contribution in [0.4, 0.5) is 11.5 Å². The van der Waals surface area contributed by atoms with E-state index in [0.29, 0.717) is 24.6 Å². The summed E-state index contributed by atoms with van der Waals surface area (Å²) in [5, 5.41) is 14.2. The van der Waals surface area contributed by atoms with E-state index >= 15 is 0 Å². The molecule has 0 aromatic carbocycles. The lowest BCUT2D eigenvalue weighted by atomic mass is 10.2. The maximum Gasteiger partial charge on any atom is 0.314 e. The van der Waals surface area contributed by atoms with E-state index in [2.05, 4.69) is 10.3 Å². The van der Waals surface area contributed by atoms with Crippen LogP contribution < -0.4 is 5.32 Å². The second-order valence-corrected chi connectivity index (χ2v) is 5.40. The van der Waals surface area contributed by atoms with Crippen molar-refractivity contribution >= 4 is 17.4 Å². The first-order valence-electron chi connectivity index (χ1n) is 6.72. The molecule has 0 bridgehead atoms. The molecule has 106 valence electrons. The maximum atomic E-state index is 11.9. The number of aromatic nitrogens is 1. The number of hydrogen-bond donors (Lipinski definition) is 1. The number of nitro groups is 1. The third kappa shape index (κ3) is 2.31. The van der Waals surface area contributed by atoms with Gasteiger partial charge in [-0.25, -0.2) is 4.98 Å². The number of rotatable bonds is 4. The average molecular weight is 276 g/mol. The van der Waals surface area contributed by atoms with Gasteiger partial charge in [0.05, 0.1) is 11.0 Å². The number of carbonyl (C=O) groups is 1. The summed E-state index contributed by atoms with van der Waals surface area (Å²) in [5.74, 6) is 0.380. The number of carbonyl (C=O) groups excluding carboxylic acids is 1. The Morgan fingerprint density at radius 2 is 2.25 bits per heavy atom. The molecular weight excluding hydrogens is 260 g/mol. The highest BCUT2D eigenvalue weighted by Gasteiger charge is 2.39. The Balaban J connectivity index is 1.77. The first-order valence-corrected chi connectivity index (χ1v) is 6.72. The summed E-state index contributed by atoms with van der Waals surface area (Å²) < 4.78 is 0. The fraction of sp³-hybridized carbons (Fsp3) is 0.538. The Labute approximate surface area is 116 Å². The highest BCUT2D eigenvalue weighted by Crippen LogP contribution is 2.32. The van der Waals surface area contributed by atoms with Gasteiger partial charge >= 0.3 is 5.69 Å². The molecule has 3 rings (SSSR count). The molecule has 20 heavy (non-hydrogen) atoms. The van der Waals surface area contributed by atoms with Gasteiger partial charge in [-0.1, -0.05) is 0 Å². The predicted molar refractivity (Wildman–Crippen MR) is 72.4 cm³/mol. The molecule has 1 saturated carbocycles. The fourth-order valence-corrected chi connectivity index (χ4v) is 2.65. The molecule has 7 nitrogen and oxygen atoms in total. The summed E-state index contributed by atoms with van der Waals surface area (Å²) >= 11 is 0. The van der Waals surface area contributed by atoms with Crippen LogP contribution >= 0.6 is 0 Å². The van der Waals surface area contributed by atoms with Gasteiger partial charge in [0.25, 0.3) is 0 Å². The Hall–Kier alpha value is -2.18. The number of nitrogens with zero attached hydrogens (tertiary/aromatic N) is 3. The number of aryl methyl sites for hydroxylation is 1. The van der Waals surface area contributed by atoms with Crippen molar-refractivity contribution in [2.75, 3.05) is 11.9 Å². The Kier molecular flexibility index (Phi) is 3.04. The zero-order valence-corrected chi connectivity index (χ0v) is 11.2. The molecule has 2 fully saturated rings. The van der Waals surface area contributed by atoms with Crippen molar-refractivity contribution in [3.05, 3.63) is 27.9 Å². The van der Waals surface area contributed by atoms with E-state index < -0.39 is 4.92 Å². The minimum Gasteiger partial charge on any atom is -0.359 e. The van der Waals surface area contributed by atoms with Crippen LogP contribution in [-0.2, 0) is 4.79 Å². The molecule has 1 aromatic rings. The molecule has 1 atom stereocenters. The van der Waals surface area contributed by atoms with Crippen molar-refractivity contribution in [1.82, 2.24) is 9.88 Å². The fourth-order valence-electron chi connectivity index (χ4n) is 2.65. The minimum atomic E-state index is -0.430. The SMILES string of the molecule is Cc1ccnc(NC2CC(=O)N(C3CC3)C2)c1[N+](=O)[O-]. The van der Waals surface area contributed by atoms with Crippen LogP contribution in [0, 0.1) is 17.0 Å². The van der Waals surface area contributed by atoms with Crippen molar-refractivity contribution in [2.45, 2.75) is 38.3 Å². The molecule has 1 N–H and O–H groups in total. The molecule has 1 aliphatic heterocycles. The lowest BCUT2D eigenvalue weighted by Crippen LogP contribution is -2.30. The van der Waals surface area contributed by atoms with Crippen LogP contribution in [0.1, 0.15) is 24.8 Å². The van der Waals surface area contributed by atoms with Gasteiger partial charge in [-0.2, -0.15) is 0 Å². The Bertz CT molecular complexity index is 571. The number of amides is 1. The monoisotopic (exact) mass is 276 g/mol. The molecular formula is C13H16N4O3.